The monoisotopic (exact) mass is 299 g/mol. The minimum atomic E-state index is -0.197. The second-order valence-corrected chi connectivity index (χ2v) is 5.06. The average Bonchev–Trinajstić information content (AvgIpc) is 2.59. The third-order valence-electron chi connectivity index (χ3n) is 3.59. The number of nitrogens with one attached hydrogen (secondary N) is 1. The molecule has 0 saturated heterocycles. The molecule has 0 aliphatic rings. The van der Waals surface area contributed by atoms with E-state index >= 15 is 0 Å². The Kier molecular flexibility index (Phi) is 5.42. The lowest BCUT2D eigenvalue weighted by molar-refractivity contribution is 0.0945. The van der Waals surface area contributed by atoms with E-state index < -0.39 is 0 Å². The molecule has 0 aliphatic carbocycles. The molecule has 0 heterocycles. The molecule has 116 valence electrons. The highest BCUT2D eigenvalue weighted by molar-refractivity contribution is 5.99. The predicted octanol–water partition coefficient (Wildman–Crippen LogP) is 3.24. The quantitative estimate of drug-likeness (QED) is 0.891. The molecule has 1 amide bonds. The van der Waals surface area contributed by atoms with Gasteiger partial charge < -0.3 is 14.8 Å². The van der Waals surface area contributed by atoms with Crippen molar-refractivity contribution in [1.82, 2.24) is 5.32 Å². The van der Waals surface area contributed by atoms with Gasteiger partial charge in [0.15, 0.2) is 0 Å². The van der Waals surface area contributed by atoms with Crippen LogP contribution in [0.1, 0.15) is 28.8 Å². The van der Waals surface area contributed by atoms with Gasteiger partial charge >= 0.3 is 0 Å². The molecule has 0 spiro atoms. The van der Waals surface area contributed by atoms with Crippen LogP contribution in [0.2, 0.25) is 0 Å². The lowest BCUT2D eigenvalue weighted by Crippen LogP contribution is -2.28. The van der Waals surface area contributed by atoms with Crippen LogP contribution in [0.5, 0.6) is 11.5 Å². The molecule has 2 aromatic carbocycles. The Bertz CT molecular complexity index is 603. The van der Waals surface area contributed by atoms with Gasteiger partial charge in [-0.15, -0.1) is 0 Å². The summed E-state index contributed by atoms with van der Waals surface area (Å²) in [5, 5.41) is 2.95. The summed E-state index contributed by atoms with van der Waals surface area (Å²) in [6, 6.07) is 15.4. The van der Waals surface area contributed by atoms with Crippen LogP contribution >= 0.6 is 0 Å². The smallest absolute Gasteiger partial charge is 0.258 e. The predicted molar refractivity (Wildman–Crippen MR) is 86.7 cm³/mol. The van der Waals surface area contributed by atoms with Crippen LogP contribution < -0.4 is 14.8 Å². The molecule has 2 aromatic rings. The van der Waals surface area contributed by atoms with Crippen molar-refractivity contribution in [2.75, 3.05) is 20.8 Å². The SMILES string of the molecule is COc1cccc(OC)c1C(=O)NC[C@@H](C)c1ccccc1. The maximum atomic E-state index is 12.5. The summed E-state index contributed by atoms with van der Waals surface area (Å²) in [7, 11) is 3.08. The zero-order chi connectivity index (χ0) is 15.9. The van der Waals surface area contributed by atoms with Crippen LogP contribution in [0.25, 0.3) is 0 Å². The van der Waals surface area contributed by atoms with E-state index in [0.717, 1.165) is 0 Å². The molecule has 0 saturated carbocycles. The molecule has 0 radical (unpaired) electrons. The Morgan fingerprint density at radius 2 is 1.59 bits per heavy atom. The highest BCUT2D eigenvalue weighted by Crippen LogP contribution is 2.28. The molecule has 0 unspecified atom stereocenters. The van der Waals surface area contributed by atoms with Gasteiger partial charge in [0.25, 0.3) is 5.91 Å². The maximum absolute atomic E-state index is 12.5. The topological polar surface area (TPSA) is 47.6 Å². The van der Waals surface area contributed by atoms with Crippen LogP contribution in [0.15, 0.2) is 48.5 Å². The molecule has 0 fully saturated rings. The first-order valence-corrected chi connectivity index (χ1v) is 7.21. The highest BCUT2D eigenvalue weighted by Gasteiger charge is 2.18. The van der Waals surface area contributed by atoms with Crippen LogP contribution in [0.4, 0.5) is 0 Å². The van der Waals surface area contributed by atoms with Crippen molar-refractivity contribution in [2.45, 2.75) is 12.8 Å². The zero-order valence-electron chi connectivity index (χ0n) is 13.1. The standard InChI is InChI=1S/C18H21NO3/c1-13(14-8-5-4-6-9-14)12-19-18(20)17-15(21-2)10-7-11-16(17)22-3/h4-11,13H,12H2,1-3H3,(H,19,20)/t13-/m1/s1. The zero-order valence-corrected chi connectivity index (χ0v) is 13.1. The van der Waals surface area contributed by atoms with E-state index in [1.807, 2.05) is 18.2 Å². The Morgan fingerprint density at radius 1 is 1.00 bits per heavy atom. The summed E-state index contributed by atoms with van der Waals surface area (Å²) in [6.07, 6.45) is 0. The lowest BCUT2D eigenvalue weighted by atomic mass is 10.0. The first-order valence-electron chi connectivity index (χ1n) is 7.21. The summed E-state index contributed by atoms with van der Waals surface area (Å²) in [4.78, 5) is 12.5. The van der Waals surface area contributed by atoms with Crippen molar-refractivity contribution in [3.05, 3.63) is 59.7 Å². The number of methoxy groups -OCH3 is 2. The van der Waals surface area contributed by atoms with Gasteiger partial charge in [-0.05, 0) is 23.6 Å². The Morgan fingerprint density at radius 3 is 2.14 bits per heavy atom. The third kappa shape index (κ3) is 3.58. The van der Waals surface area contributed by atoms with Crippen LogP contribution in [0.3, 0.4) is 0 Å². The van der Waals surface area contributed by atoms with Crippen LogP contribution in [0, 0.1) is 0 Å². The number of benzene rings is 2. The minimum absolute atomic E-state index is 0.197. The van der Waals surface area contributed by atoms with Crippen molar-refractivity contribution in [3.63, 3.8) is 0 Å². The molecular formula is C18H21NO3. The first kappa shape index (κ1) is 15.9. The third-order valence-corrected chi connectivity index (χ3v) is 3.59. The number of rotatable bonds is 6. The molecule has 0 bridgehead atoms. The molecule has 0 aromatic heterocycles. The Hall–Kier alpha value is -2.49. The fourth-order valence-electron chi connectivity index (χ4n) is 2.31. The van der Waals surface area contributed by atoms with E-state index in [1.54, 1.807) is 18.2 Å². The second-order valence-electron chi connectivity index (χ2n) is 5.06. The van der Waals surface area contributed by atoms with Gasteiger partial charge in [-0.1, -0.05) is 43.3 Å². The van der Waals surface area contributed by atoms with Gasteiger partial charge in [0.2, 0.25) is 0 Å². The van der Waals surface area contributed by atoms with Gasteiger partial charge in [0.1, 0.15) is 17.1 Å². The molecule has 4 nitrogen and oxygen atoms in total. The van der Waals surface area contributed by atoms with Crippen molar-refractivity contribution >= 4 is 5.91 Å². The number of hydrogen-bond acceptors (Lipinski definition) is 3. The molecule has 22 heavy (non-hydrogen) atoms. The van der Waals surface area contributed by atoms with E-state index in [1.165, 1.54) is 19.8 Å². The van der Waals surface area contributed by atoms with Crippen LogP contribution in [-0.4, -0.2) is 26.7 Å². The largest absolute Gasteiger partial charge is 0.496 e. The highest BCUT2D eigenvalue weighted by atomic mass is 16.5. The molecule has 0 aliphatic heterocycles. The van der Waals surface area contributed by atoms with E-state index in [0.29, 0.717) is 23.6 Å². The summed E-state index contributed by atoms with van der Waals surface area (Å²) in [5.41, 5.74) is 1.61. The van der Waals surface area contributed by atoms with Gasteiger partial charge in [-0.2, -0.15) is 0 Å². The van der Waals surface area contributed by atoms with Gasteiger partial charge in [-0.25, -0.2) is 0 Å². The molecule has 1 atom stereocenters. The molecular weight excluding hydrogens is 278 g/mol. The van der Waals surface area contributed by atoms with Gasteiger partial charge in [0, 0.05) is 6.54 Å². The van der Waals surface area contributed by atoms with Crippen molar-refractivity contribution in [2.24, 2.45) is 0 Å². The van der Waals surface area contributed by atoms with E-state index in [-0.39, 0.29) is 11.8 Å². The molecule has 4 heteroatoms. The van der Waals surface area contributed by atoms with E-state index in [9.17, 15) is 4.79 Å². The summed E-state index contributed by atoms with van der Waals surface area (Å²) >= 11 is 0. The number of hydrogen-bond donors (Lipinski definition) is 1. The Balaban J connectivity index is 2.10. The number of amides is 1. The van der Waals surface area contributed by atoms with Gasteiger partial charge in [-0.3, -0.25) is 4.79 Å². The Labute approximate surface area is 131 Å². The van der Waals surface area contributed by atoms with Crippen molar-refractivity contribution in [3.8, 4) is 11.5 Å². The summed E-state index contributed by atoms with van der Waals surface area (Å²) < 4.78 is 10.5. The second kappa shape index (κ2) is 7.50. The van der Waals surface area contributed by atoms with Crippen LogP contribution in [-0.2, 0) is 0 Å². The van der Waals surface area contributed by atoms with Gasteiger partial charge in [0.05, 0.1) is 14.2 Å². The van der Waals surface area contributed by atoms with Crippen molar-refractivity contribution in [1.29, 1.82) is 0 Å². The van der Waals surface area contributed by atoms with E-state index in [2.05, 4.69) is 24.4 Å². The fraction of sp³-hybridized carbons (Fsp3) is 0.278. The number of carbonyl (C=O) groups excluding carboxylic acids is 1. The maximum Gasteiger partial charge on any atom is 0.258 e. The normalized spacial score (nSPS) is 11.6. The molecule has 1 N–H and O–H groups in total. The lowest BCUT2D eigenvalue weighted by Gasteiger charge is -2.16. The van der Waals surface area contributed by atoms with E-state index in [4.69, 9.17) is 9.47 Å². The summed E-state index contributed by atoms with van der Waals surface area (Å²) in [6.45, 7) is 2.62. The number of ether oxygens (including phenoxy) is 2. The van der Waals surface area contributed by atoms with Crippen molar-refractivity contribution < 1.29 is 14.3 Å². The minimum Gasteiger partial charge on any atom is -0.496 e. The fourth-order valence-corrected chi connectivity index (χ4v) is 2.31. The first-order chi connectivity index (χ1) is 10.7. The number of carbonyl (C=O) groups is 1. The summed E-state index contributed by atoms with van der Waals surface area (Å²) in [5.74, 6) is 1.04. The average molecular weight is 299 g/mol. The molecule has 2 rings (SSSR count).